The SMILES string of the molecule is O=C(NCc1ccccc1)C1c2ccccc2C(=O)N(C2CCCC2)C1c1cccs1. The molecule has 2 heterocycles. The summed E-state index contributed by atoms with van der Waals surface area (Å²) in [5.74, 6) is -0.380. The molecule has 31 heavy (non-hydrogen) atoms. The summed E-state index contributed by atoms with van der Waals surface area (Å²) in [6.07, 6.45) is 4.29. The molecule has 2 aromatic carbocycles. The van der Waals surface area contributed by atoms with Crippen LogP contribution < -0.4 is 5.32 Å². The topological polar surface area (TPSA) is 49.4 Å². The van der Waals surface area contributed by atoms with E-state index in [4.69, 9.17) is 0 Å². The van der Waals surface area contributed by atoms with Gasteiger partial charge < -0.3 is 10.2 Å². The van der Waals surface area contributed by atoms with E-state index in [1.165, 1.54) is 0 Å². The number of thiophene rings is 1. The highest BCUT2D eigenvalue weighted by molar-refractivity contribution is 7.10. The monoisotopic (exact) mass is 430 g/mol. The summed E-state index contributed by atoms with van der Waals surface area (Å²) in [4.78, 5) is 30.4. The van der Waals surface area contributed by atoms with Crippen molar-refractivity contribution in [2.45, 2.75) is 50.2 Å². The van der Waals surface area contributed by atoms with Crippen molar-refractivity contribution in [1.29, 1.82) is 0 Å². The van der Waals surface area contributed by atoms with Crippen LogP contribution in [0.3, 0.4) is 0 Å². The van der Waals surface area contributed by atoms with Gasteiger partial charge in [0.1, 0.15) is 0 Å². The largest absolute Gasteiger partial charge is 0.351 e. The van der Waals surface area contributed by atoms with Crippen LogP contribution in [0.5, 0.6) is 0 Å². The van der Waals surface area contributed by atoms with Crippen LogP contribution in [0, 0.1) is 0 Å². The molecule has 1 aromatic heterocycles. The molecule has 0 saturated heterocycles. The molecule has 2 aliphatic rings. The summed E-state index contributed by atoms with van der Waals surface area (Å²) < 4.78 is 0. The molecule has 3 aromatic rings. The second-order valence-electron chi connectivity index (χ2n) is 8.38. The minimum atomic E-state index is -0.420. The molecular weight excluding hydrogens is 404 g/mol. The van der Waals surface area contributed by atoms with Gasteiger partial charge in [-0.05, 0) is 41.5 Å². The van der Waals surface area contributed by atoms with Gasteiger partial charge in [0, 0.05) is 23.0 Å². The molecule has 2 unspecified atom stereocenters. The number of benzene rings is 2. The standard InChI is InChI=1S/C26H26N2O2S/c29-25(27-17-18-9-2-1-3-10-18)23-20-13-6-7-14-21(20)26(30)28(19-11-4-5-12-19)24(23)22-15-8-16-31-22/h1-3,6-10,13-16,19,23-24H,4-5,11-12,17H2,(H,27,29). The van der Waals surface area contributed by atoms with Gasteiger partial charge in [-0.1, -0.05) is 67.4 Å². The predicted octanol–water partition coefficient (Wildman–Crippen LogP) is 5.29. The van der Waals surface area contributed by atoms with Crippen molar-refractivity contribution in [2.24, 2.45) is 0 Å². The summed E-state index contributed by atoms with van der Waals surface area (Å²) in [5, 5.41) is 5.19. The fourth-order valence-corrected chi connectivity index (χ4v) is 5.94. The summed E-state index contributed by atoms with van der Waals surface area (Å²) in [7, 11) is 0. The van der Waals surface area contributed by atoms with Crippen molar-refractivity contribution >= 4 is 23.2 Å². The molecule has 2 amide bonds. The smallest absolute Gasteiger partial charge is 0.254 e. The third-order valence-corrected chi connectivity index (χ3v) is 7.46. The Bertz CT molecular complexity index is 1060. The Kier molecular flexibility index (Phi) is 5.60. The first-order valence-electron chi connectivity index (χ1n) is 11.0. The quantitative estimate of drug-likeness (QED) is 0.598. The van der Waals surface area contributed by atoms with Gasteiger partial charge in [0.15, 0.2) is 0 Å². The third kappa shape index (κ3) is 3.79. The fraction of sp³-hybridized carbons (Fsp3) is 0.308. The number of fused-ring (bicyclic) bond motifs is 1. The first kappa shape index (κ1) is 20.0. The first-order chi connectivity index (χ1) is 15.2. The number of rotatable bonds is 5. The molecule has 4 nitrogen and oxygen atoms in total. The van der Waals surface area contributed by atoms with E-state index in [0.717, 1.165) is 41.7 Å². The van der Waals surface area contributed by atoms with E-state index in [1.54, 1.807) is 11.3 Å². The molecule has 1 saturated carbocycles. The maximum Gasteiger partial charge on any atom is 0.254 e. The van der Waals surface area contributed by atoms with E-state index in [9.17, 15) is 9.59 Å². The number of carbonyl (C=O) groups is 2. The van der Waals surface area contributed by atoms with Crippen LogP contribution >= 0.6 is 11.3 Å². The average Bonchev–Trinajstić information content (AvgIpc) is 3.52. The second kappa shape index (κ2) is 8.67. The maximum atomic E-state index is 13.7. The lowest BCUT2D eigenvalue weighted by molar-refractivity contribution is -0.124. The van der Waals surface area contributed by atoms with E-state index >= 15 is 0 Å². The normalized spacial score (nSPS) is 21.2. The van der Waals surface area contributed by atoms with Crippen LogP contribution in [0.2, 0.25) is 0 Å². The Morgan fingerprint density at radius 2 is 1.71 bits per heavy atom. The van der Waals surface area contributed by atoms with Gasteiger partial charge in [-0.25, -0.2) is 0 Å². The molecule has 5 rings (SSSR count). The first-order valence-corrected chi connectivity index (χ1v) is 11.9. The zero-order valence-electron chi connectivity index (χ0n) is 17.4. The number of amides is 2. The van der Waals surface area contributed by atoms with Crippen molar-refractivity contribution in [3.05, 3.63) is 93.7 Å². The van der Waals surface area contributed by atoms with Crippen LogP contribution in [0.4, 0.5) is 0 Å². The van der Waals surface area contributed by atoms with Crippen LogP contribution in [0.15, 0.2) is 72.1 Å². The van der Waals surface area contributed by atoms with Gasteiger partial charge in [-0.15, -0.1) is 11.3 Å². The van der Waals surface area contributed by atoms with Crippen molar-refractivity contribution in [1.82, 2.24) is 10.2 Å². The zero-order valence-corrected chi connectivity index (χ0v) is 18.2. The van der Waals surface area contributed by atoms with Crippen molar-refractivity contribution in [3.63, 3.8) is 0 Å². The van der Waals surface area contributed by atoms with Crippen molar-refractivity contribution in [2.75, 3.05) is 0 Å². The molecule has 0 radical (unpaired) electrons. The van der Waals surface area contributed by atoms with Gasteiger partial charge in [0.2, 0.25) is 5.91 Å². The van der Waals surface area contributed by atoms with E-state index in [-0.39, 0.29) is 23.9 Å². The minimum absolute atomic E-state index is 0.0230. The maximum absolute atomic E-state index is 13.7. The lowest BCUT2D eigenvalue weighted by atomic mass is 9.80. The Labute approximate surface area is 186 Å². The van der Waals surface area contributed by atoms with Crippen LogP contribution in [0.1, 0.15) is 64.0 Å². The van der Waals surface area contributed by atoms with Crippen molar-refractivity contribution < 1.29 is 9.59 Å². The van der Waals surface area contributed by atoms with E-state index in [1.807, 2.05) is 70.9 Å². The molecule has 0 bridgehead atoms. The van der Waals surface area contributed by atoms with Gasteiger partial charge >= 0.3 is 0 Å². The summed E-state index contributed by atoms with van der Waals surface area (Å²) >= 11 is 1.63. The Hall–Kier alpha value is -2.92. The molecular formula is C26H26N2O2S. The third-order valence-electron chi connectivity index (χ3n) is 6.52. The van der Waals surface area contributed by atoms with E-state index in [0.29, 0.717) is 12.1 Å². The molecule has 0 spiro atoms. The van der Waals surface area contributed by atoms with E-state index in [2.05, 4.69) is 11.4 Å². The minimum Gasteiger partial charge on any atom is -0.351 e. The summed E-state index contributed by atoms with van der Waals surface area (Å²) in [6, 6.07) is 21.6. The van der Waals surface area contributed by atoms with Gasteiger partial charge in [-0.2, -0.15) is 0 Å². The lowest BCUT2D eigenvalue weighted by Crippen LogP contribution is -2.50. The second-order valence-corrected chi connectivity index (χ2v) is 9.36. The average molecular weight is 431 g/mol. The number of hydrogen-bond donors (Lipinski definition) is 1. The summed E-state index contributed by atoms with van der Waals surface area (Å²) in [5.41, 5.74) is 2.57. The number of carbonyl (C=O) groups excluding carboxylic acids is 2. The summed E-state index contributed by atoms with van der Waals surface area (Å²) in [6.45, 7) is 0.479. The Morgan fingerprint density at radius 1 is 0.968 bits per heavy atom. The highest BCUT2D eigenvalue weighted by Crippen LogP contribution is 2.47. The van der Waals surface area contributed by atoms with Crippen LogP contribution in [-0.4, -0.2) is 22.8 Å². The van der Waals surface area contributed by atoms with Gasteiger partial charge in [0.05, 0.1) is 12.0 Å². The lowest BCUT2D eigenvalue weighted by Gasteiger charge is -2.44. The number of nitrogens with one attached hydrogen (secondary N) is 1. The molecule has 1 aliphatic carbocycles. The van der Waals surface area contributed by atoms with E-state index < -0.39 is 5.92 Å². The molecule has 1 aliphatic heterocycles. The highest BCUT2D eigenvalue weighted by Gasteiger charge is 2.47. The van der Waals surface area contributed by atoms with Crippen molar-refractivity contribution in [3.8, 4) is 0 Å². The number of hydrogen-bond acceptors (Lipinski definition) is 3. The van der Waals surface area contributed by atoms with Gasteiger partial charge in [0.25, 0.3) is 5.91 Å². The molecule has 1 fully saturated rings. The molecule has 2 atom stereocenters. The highest BCUT2D eigenvalue weighted by atomic mass is 32.1. The fourth-order valence-electron chi connectivity index (χ4n) is 5.07. The molecule has 5 heteroatoms. The van der Waals surface area contributed by atoms with Crippen LogP contribution in [-0.2, 0) is 11.3 Å². The zero-order chi connectivity index (χ0) is 21.2. The number of nitrogens with zero attached hydrogens (tertiary/aromatic N) is 1. The Morgan fingerprint density at radius 3 is 2.45 bits per heavy atom. The molecule has 158 valence electrons. The Balaban J connectivity index is 1.56. The molecule has 1 N–H and O–H groups in total. The van der Waals surface area contributed by atoms with Gasteiger partial charge in [-0.3, -0.25) is 9.59 Å². The van der Waals surface area contributed by atoms with Crippen LogP contribution in [0.25, 0.3) is 0 Å². The predicted molar refractivity (Wildman–Crippen MR) is 123 cm³/mol.